The summed E-state index contributed by atoms with van der Waals surface area (Å²) in [6.07, 6.45) is 2.98. The van der Waals surface area contributed by atoms with Gasteiger partial charge in [0.15, 0.2) is 0 Å². The van der Waals surface area contributed by atoms with Crippen LogP contribution in [0.25, 0.3) is 5.69 Å². The van der Waals surface area contributed by atoms with Gasteiger partial charge in [0.1, 0.15) is 5.82 Å². The van der Waals surface area contributed by atoms with E-state index >= 15 is 0 Å². The SMILES string of the molecule is O=c1[nH]ccn1-c1cc(F)cc(Cl)c1. The van der Waals surface area contributed by atoms with Crippen molar-refractivity contribution in [2.24, 2.45) is 0 Å². The summed E-state index contributed by atoms with van der Waals surface area (Å²) in [6.45, 7) is 0. The van der Waals surface area contributed by atoms with Gasteiger partial charge in [-0.2, -0.15) is 0 Å². The van der Waals surface area contributed by atoms with E-state index < -0.39 is 5.82 Å². The molecular formula is C9H6ClFN2O. The zero-order valence-corrected chi connectivity index (χ0v) is 7.75. The minimum Gasteiger partial charge on any atom is -0.312 e. The highest BCUT2D eigenvalue weighted by Gasteiger charge is 2.03. The number of hydrogen-bond donors (Lipinski definition) is 1. The zero-order valence-electron chi connectivity index (χ0n) is 7.00. The van der Waals surface area contributed by atoms with Gasteiger partial charge in [-0.25, -0.2) is 9.18 Å². The molecule has 0 saturated carbocycles. The normalized spacial score (nSPS) is 10.4. The highest BCUT2D eigenvalue weighted by atomic mass is 35.5. The van der Waals surface area contributed by atoms with Crippen LogP contribution >= 0.6 is 11.6 Å². The summed E-state index contributed by atoms with van der Waals surface area (Å²) in [4.78, 5) is 13.6. The van der Waals surface area contributed by atoms with E-state index in [9.17, 15) is 9.18 Å². The molecule has 5 heteroatoms. The van der Waals surface area contributed by atoms with Crippen molar-refractivity contribution in [3.05, 3.63) is 51.9 Å². The zero-order chi connectivity index (χ0) is 10.1. The molecule has 0 aliphatic heterocycles. The summed E-state index contributed by atoms with van der Waals surface area (Å²) >= 11 is 5.65. The van der Waals surface area contributed by atoms with Gasteiger partial charge in [-0.1, -0.05) is 11.6 Å². The Morgan fingerprint density at radius 3 is 2.71 bits per heavy atom. The Morgan fingerprint density at radius 2 is 2.14 bits per heavy atom. The molecule has 1 aromatic carbocycles. The van der Waals surface area contributed by atoms with Crippen molar-refractivity contribution in [1.82, 2.24) is 9.55 Å². The van der Waals surface area contributed by atoms with Gasteiger partial charge < -0.3 is 4.98 Å². The number of H-pyrrole nitrogens is 1. The highest BCUT2D eigenvalue weighted by Crippen LogP contribution is 2.15. The van der Waals surface area contributed by atoms with Crippen molar-refractivity contribution < 1.29 is 4.39 Å². The van der Waals surface area contributed by atoms with Crippen molar-refractivity contribution >= 4 is 11.6 Å². The lowest BCUT2D eigenvalue weighted by Crippen LogP contribution is -2.14. The number of nitrogens with zero attached hydrogens (tertiary/aromatic N) is 1. The summed E-state index contributed by atoms with van der Waals surface area (Å²) in [5.74, 6) is -0.472. The minimum atomic E-state index is -0.472. The molecule has 0 aliphatic carbocycles. The molecule has 0 bridgehead atoms. The molecule has 0 aliphatic rings. The number of aromatic amines is 1. The van der Waals surface area contributed by atoms with Crippen molar-refractivity contribution in [3.63, 3.8) is 0 Å². The van der Waals surface area contributed by atoms with E-state index in [0.717, 1.165) is 0 Å². The predicted octanol–water partition coefficient (Wildman–Crippen LogP) is 1.96. The summed E-state index contributed by atoms with van der Waals surface area (Å²) in [7, 11) is 0. The highest BCUT2D eigenvalue weighted by molar-refractivity contribution is 6.30. The lowest BCUT2D eigenvalue weighted by molar-refractivity contribution is 0.626. The second-order valence-corrected chi connectivity index (χ2v) is 3.20. The smallest absolute Gasteiger partial charge is 0.312 e. The van der Waals surface area contributed by atoms with Crippen molar-refractivity contribution in [1.29, 1.82) is 0 Å². The molecule has 0 amide bonds. The fraction of sp³-hybridized carbons (Fsp3) is 0. The first kappa shape index (κ1) is 9.02. The maximum absolute atomic E-state index is 12.9. The monoisotopic (exact) mass is 212 g/mol. The van der Waals surface area contributed by atoms with Gasteiger partial charge in [0.25, 0.3) is 0 Å². The molecule has 14 heavy (non-hydrogen) atoms. The van der Waals surface area contributed by atoms with Gasteiger partial charge in [0, 0.05) is 17.4 Å². The lowest BCUT2D eigenvalue weighted by Gasteiger charge is -2.01. The summed E-state index contributed by atoms with van der Waals surface area (Å²) in [6, 6.07) is 3.93. The number of imidazole rings is 1. The van der Waals surface area contributed by atoms with E-state index in [1.807, 2.05) is 0 Å². The van der Waals surface area contributed by atoms with Crippen LogP contribution in [0.4, 0.5) is 4.39 Å². The lowest BCUT2D eigenvalue weighted by atomic mass is 10.3. The van der Waals surface area contributed by atoms with Crippen LogP contribution in [0.3, 0.4) is 0 Å². The predicted molar refractivity (Wildman–Crippen MR) is 51.4 cm³/mol. The van der Waals surface area contributed by atoms with Crippen LogP contribution in [0.1, 0.15) is 0 Å². The Morgan fingerprint density at radius 1 is 1.36 bits per heavy atom. The number of benzene rings is 1. The van der Waals surface area contributed by atoms with Crippen molar-refractivity contribution in [2.45, 2.75) is 0 Å². The fourth-order valence-corrected chi connectivity index (χ4v) is 1.42. The number of hydrogen-bond acceptors (Lipinski definition) is 1. The van der Waals surface area contributed by atoms with Crippen molar-refractivity contribution in [2.75, 3.05) is 0 Å². The molecule has 72 valence electrons. The molecule has 1 heterocycles. The number of rotatable bonds is 1. The Hall–Kier alpha value is -1.55. The molecule has 0 fully saturated rings. The number of halogens is 2. The van der Waals surface area contributed by atoms with Crippen LogP contribution in [0, 0.1) is 5.82 Å². The molecule has 0 saturated heterocycles. The molecule has 3 nitrogen and oxygen atoms in total. The van der Waals surface area contributed by atoms with Gasteiger partial charge in [-0.3, -0.25) is 4.57 Å². The average Bonchev–Trinajstić information content (AvgIpc) is 2.49. The first-order valence-corrected chi connectivity index (χ1v) is 4.27. The second kappa shape index (κ2) is 3.31. The van der Waals surface area contributed by atoms with Gasteiger partial charge >= 0.3 is 5.69 Å². The molecule has 2 rings (SSSR count). The van der Waals surface area contributed by atoms with E-state index in [-0.39, 0.29) is 10.7 Å². The summed E-state index contributed by atoms with van der Waals surface area (Å²) in [5, 5.41) is 0.258. The van der Waals surface area contributed by atoms with Gasteiger partial charge in [0.05, 0.1) is 5.69 Å². The minimum absolute atomic E-state index is 0.258. The number of nitrogens with one attached hydrogen (secondary N) is 1. The maximum Gasteiger partial charge on any atom is 0.330 e. The second-order valence-electron chi connectivity index (χ2n) is 2.76. The third-order valence-electron chi connectivity index (χ3n) is 1.77. The summed E-state index contributed by atoms with van der Waals surface area (Å²) < 4.78 is 14.2. The van der Waals surface area contributed by atoms with Gasteiger partial charge in [-0.15, -0.1) is 0 Å². The van der Waals surface area contributed by atoms with E-state index in [4.69, 9.17) is 11.6 Å². The largest absolute Gasteiger partial charge is 0.330 e. The van der Waals surface area contributed by atoms with Gasteiger partial charge in [0.2, 0.25) is 0 Å². The molecule has 1 aromatic heterocycles. The molecule has 0 unspecified atom stereocenters. The third-order valence-corrected chi connectivity index (χ3v) is 1.99. The Balaban J connectivity index is 2.63. The van der Waals surface area contributed by atoms with E-state index in [0.29, 0.717) is 5.69 Å². The van der Waals surface area contributed by atoms with Crippen LogP contribution < -0.4 is 5.69 Å². The molecular weight excluding hydrogens is 207 g/mol. The van der Waals surface area contributed by atoms with Crippen LogP contribution in [-0.4, -0.2) is 9.55 Å². The summed E-state index contributed by atoms with van der Waals surface area (Å²) in [5.41, 5.74) is 0.0768. The molecule has 2 aromatic rings. The molecule has 0 atom stereocenters. The van der Waals surface area contributed by atoms with Crippen LogP contribution in [-0.2, 0) is 0 Å². The first-order valence-electron chi connectivity index (χ1n) is 3.89. The van der Waals surface area contributed by atoms with E-state index in [1.54, 1.807) is 0 Å². The van der Waals surface area contributed by atoms with E-state index in [1.165, 1.54) is 35.2 Å². The molecule has 0 radical (unpaired) electrons. The maximum atomic E-state index is 12.9. The fourth-order valence-electron chi connectivity index (χ4n) is 1.20. The quantitative estimate of drug-likeness (QED) is 0.771. The Labute approximate surface area is 83.8 Å². The van der Waals surface area contributed by atoms with Crippen LogP contribution in [0.5, 0.6) is 0 Å². The average molecular weight is 213 g/mol. The van der Waals surface area contributed by atoms with Gasteiger partial charge in [-0.05, 0) is 18.2 Å². The topological polar surface area (TPSA) is 37.8 Å². The molecule has 1 N–H and O–H groups in total. The Kier molecular flexibility index (Phi) is 2.13. The number of aromatic nitrogens is 2. The third kappa shape index (κ3) is 1.56. The van der Waals surface area contributed by atoms with E-state index in [2.05, 4.69) is 4.98 Å². The molecule has 0 spiro atoms. The van der Waals surface area contributed by atoms with Crippen molar-refractivity contribution in [3.8, 4) is 5.69 Å². The van der Waals surface area contributed by atoms with Crippen LogP contribution in [0.2, 0.25) is 5.02 Å². The van der Waals surface area contributed by atoms with Crippen LogP contribution in [0.15, 0.2) is 35.4 Å². The Bertz CT molecular complexity index is 497. The standard InChI is InChI=1S/C9H6ClFN2O/c10-6-3-7(11)5-8(4-6)13-2-1-12-9(13)14/h1-5H,(H,12,14). The first-order chi connectivity index (χ1) is 6.66.